The molecule has 3 aromatic rings. The second-order valence-corrected chi connectivity index (χ2v) is 4.08. The molecular weight excluding hydrogens is 255 g/mol. The fourth-order valence-electron chi connectivity index (χ4n) is 1.83. The van der Waals surface area contributed by atoms with Gasteiger partial charge in [0, 0.05) is 5.56 Å². The van der Waals surface area contributed by atoms with Crippen molar-refractivity contribution in [2.24, 2.45) is 0 Å². The van der Waals surface area contributed by atoms with Crippen molar-refractivity contribution in [3.05, 3.63) is 47.8 Å². The number of nitrogen functional groups attached to an aromatic ring is 1. The van der Waals surface area contributed by atoms with Crippen molar-refractivity contribution in [3.63, 3.8) is 0 Å². The summed E-state index contributed by atoms with van der Waals surface area (Å²) in [5.41, 5.74) is 6.01. The summed E-state index contributed by atoms with van der Waals surface area (Å²) in [7, 11) is 0. The second kappa shape index (κ2) is 4.01. The Morgan fingerprint density at radius 3 is 2.53 bits per heavy atom. The Bertz CT molecular complexity index is 780. The molecule has 0 fully saturated rings. The van der Waals surface area contributed by atoms with Crippen molar-refractivity contribution in [1.82, 2.24) is 9.97 Å². The zero-order valence-corrected chi connectivity index (χ0v) is 9.55. The lowest BCUT2D eigenvalue weighted by Gasteiger charge is -1.99. The highest BCUT2D eigenvalue weighted by molar-refractivity contribution is 5.80. The minimum absolute atomic E-state index is 0.0112. The van der Waals surface area contributed by atoms with Gasteiger partial charge in [-0.05, 0) is 30.3 Å². The van der Waals surface area contributed by atoms with Gasteiger partial charge >= 0.3 is 0 Å². The van der Waals surface area contributed by atoms with Crippen LogP contribution in [0.1, 0.15) is 0 Å². The van der Waals surface area contributed by atoms with Crippen LogP contribution in [0.25, 0.3) is 22.4 Å². The smallest absolute Gasteiger partial charge is 0.186 e. The first-order chi connectivity index (χ1) is 9.06. The van der Waals surface area contributed by atoms with Gasteiger partial charge in [0.15, 0.2) is 11.6 Å². The number of H-pyrrole nitrogens is 1. The zero-order chi connectivity index (χ0) is 13.6. The number of nitrogens with two attached hydrogens (primary N) is 1. The Morgan fingerprint density at radius 2 is 1.79 bits per heavy atom. The van der Waals surface area contributed by atoms with Crippen LogP contribution < -0.4 is 5.73 Å². The summed E-state index contributed by atoms with van der Waals surface area (Å²) in [6, 6.07) is 6.49. The molecule has 2 aromatic carbocycles. The molecule has 19 heavy (non-hydrogen) atoms. The number of fused-ring (bicyclic) bond motifs is 1. The third kappa shape index (κ3) is 1.81. The van der Waals surface area contributed by atoms with Gasteiger partial charge in [-0.1, -0.05) is 0 Å². The van der Waals surface area contributed by atoms with Crippen molar-refractivity contribution in [3.8, 4) is 11.4 Å². The van der Waals surface area contributed by atoms with E-state index in [2.05, 4.69) is 9.97 Å². The van der Waals surface area contributed by atoms with Gasteiger partial charge in [0.2, 0.25) is 0 Å². The van der Waals surface area contributed by atoms with E-state index in [0.29, 0.717) is 11.1 Å². The molecule has 0 aliphatic carbocycles. The van der Waals surface area contributed by atoms with Crippen LogP contribution >= 0.6 is 0 Å². The SMILES string of the molecule is Nc1ccc(-c2nc3c(F)c(F)ccc3[nH]2)cc1F. The molecule has 1 aromatic heterocycles. The lowest BCUT2D eigenvalue weighted by atomic mass is 10.2. The molecule has 0 spiro atoms. The molecule has 3 rings (SSSR count). The average Bonchev–Trinajstić information content (AvgIpc) is 2.82. The molecule has 0 saturated carbocycles. The van der Waals surface area contributed by atoms with E-state index in [-0.39, 0.29) is 17.0 Å². The highest BCUT2D eigenvalue weighted by Crippen LogP contribution is 2.25. The molecule has 3 N–H and O–H groups in total. The number of nitrogens with one attached hydrogen (secondary N) is 1. The highest BCUT2D eigenvalue weighted by Gasteiger charge is 2.13. The second-order valence-electron chi connectivity index (χ2n) is 4.08. The van der Waals surface area contributed by atoms with E-state index in [9.17, 15) is 13.2 Å². The molecule has 0 amide bonds. The number of aromatic nitrogens is 2. The van der Waals surface area contributed by atoms with E-state index in [4.69, 9.17) is 5.73 Å². The maximum atomic E-state index is 13.5. The van der Waals surface area contributed by atoms with Gasteiger partial charge in [0.25, 0.3) is 0 Å². The van der Waals surface area contributed by atoms with Crippen LogP contribution in [0.4, 0.5) is 18.9 Å². The Kier molecular flexibility index (Phi) is 2.45. The summed E-state index contributed by atoms with van der Waals surface area (Å²) in [6.45, 7) is 0. The summed E-state index contributed by atoms with van der Waals surface area (Å²) in [5.74, 6) is -2.35. The fourth-order valence-corrected chi connectivity index (χ4v) is 1.83. The molecule has 0 unspecified atom stereocenters. The molecular formula is C13H8F3N3. The molecule has 96 valence electrons. The first-order valence-electron chi connectivity index (χ1n) is 5.45. The molecule has 0 aliphatic rings. The van der Waals surface area contributed by atoms with E-state index in [1.54, 1.807) is 6.07 Å². The number of hydrogen-bond acceptors (Lipinski definition) is 2. The van der Waals surface area contributed by atoms with Crippen LogP contribution in [-0.2, 0) is 0 Å². The normalized spacial score (nSPS) is 11.1. The molecule has 0 atom stereocenters. The average molecular weight is 263 g/mol. The largest absolute Gasteiger partial charge is 0.396 e. The predicted molar refractivity (Wildman–Crippen MR) is 65.8 cm³/mol. The van der Waals surface area contributed by atoms with Crippen molar-refractivity contribution in [1.29, 1.82) is 0 Å². The number of imidazole rings is 1. The minimum atomic E-state index is -1.03. The van der Waals surface area contributed by atoms with Crippen molar-refractivity contribution < 1.29 is 13.2 Å². The minimum Gasteiger partial charge on any atom is -0.396 e. The maximum Gasteiger partial charge on any atom is 0.186 e. The monoisotopic (exact) mass is 263 g/mol. The standard InChI is InChI=1S/C13H8F3N3/c14-7-2-4-10-12(11(7)16)19-13(18-10)6-1-3-9(17)8(15)5-6/h1-5H,17H2,(H,18,19). The molecule has 0 aliphatic heterocycles. The van der Waals surface area contributed by atoms with Gasteiger partial charge in [-0.2, -0.15) is 0 Å². The Morgan fingerprint density at radius 1 is 1.00 bits per heavy atom. The highest BCUT2D eigenvalue weighted by atomic mass is 19.2. The third-order valence-electron chi connectivity index (χ3n) is 2.82. The quantitative estimate of drug-likeness (QED) is 0.662. The number of aromatic amines is 1. The van der Waals surface area contributed by atoms with Crippen molar-refractivity contribution >= 4 is 16.7 Å². The van der Waals surface area contributed by atoms with Crippen LogP contribution in [0.2, 0.25) is 0 Å². The Hall–Kier alpha value is -2.50. The molecule has 3 nitrogen and oxygen atoms in total. The van der Waals surface area contributed by atoms with Gasteiger partial charge in [-0.25, -0.2) is 18.2 Å². The number of nitrogens with zero attached hydrogens (tertiary/aromatic N) is 1. The van der Waals surface area contributed by atoms with E-state index in [0.717, 1.165) is 6.07 Å². The zero-order valence-electron chi connectivity index (χ0n) is 9.55. The van der Waals surface area contributed by atoms with Crippen LogP contribution in [-0.4, -0.2) is 9.97 Å². The van der Waals surface area contributed by atoms with Crippen LogP contribution in [0, 0.1) is 17.5 Å². The third-order valence-corrected chi connectivity index (χ3v) is 2.82. The molecule has 6 heteroatoms. The summed E-state index contributed by atoms with van der Waals surface area (Å²) in [6.07, 6.45) is 0. The summed E-state index contributed by atoms with van der Waals surface area (Å²) in [4.78, 5) is 6.74. The first kappa shape index (κ1) is 11.6. The van der Waals surface area contributed by atoms with Gasteiger partial charge in [-0.3, -0.25) is 0 Å². The van der Waals surface area contributed by atoms with Gasteiger partial charge in [0.05, 0.1) is 11.2 Å². The number of benzene rings is 2. The molecule has 0 bridgehead atoms. The van der Waals surface area contributed by atoms with E-state index < -0.39 is 17.5 Å². The summed E-state index contributed by atoms with van der Waals surface area (Å²) in [5, 5.41) is 0. The maximum absolute atomic E-state index is 13.5. The Balaban J connectivity index is 2.20. The lowest BCUT2D eigenvalue weighted by Crippen LogP contribution is -1.91. The Labute approximate surface area is 105 Å². The first-order valence-corrected chi connectivity index (χ1v) is 5.45. The van der Waals surface area contributed by atoms with E-state index in [1.165, 1.54) is 18.2 Å². The van der Waals surface area contributed by atoms with Gasteiger partial charge in [-0.15, -0.1) is 0 Å². The molecule has 1 heterocycles. The van der Waals surface area contributed by atoms with Crippen molar-refractivity contribution in [2.75, 3.05) is 5.73 Å². The summed E-state index contributed by atoms with van der Waals surface area (Å²) >= 11 is 0. The van der Waals surface area contributed by atoms with E-state index in [1.807, 2.05) is 0 Å². The molecule has 0 radical (unpaired) electrons. The van der Waals surface area contributed by atoms with Crippen molar-refractivity contribution in [2.45, 2.75) is 0 Å². The van der Waals surface area contributed by atoms with Crippen LogP contribution in [0.15, 0.2) is 30.3 Å². The number of rotatable bonds is 1. The van der Waals surface area contributed by atoms with Crippen LogP contribution in [0.5, 0.6) is 0 Å². The summed E-state index contributed by atoms with van der Waals surface area (Å²) < 4.78 is 40.0. The number of anilines is 1. The van der Waals surface area contributed by atoms with Gasteiger partial charge in [0.1, 0.15) is 17.2 Å². The lowest BCUT2D eigenvalue weighted by molar-refractivity contribution is 0.515. The fraction of sp³-hybridized carbons (Fsp3) is 0. The van der Waals surface area contributed by atoms with E-state index >= 15 is 0 Å². The predicted octanol–water partition coefficient (Wildman–Crippen LogP) is 3.23. The van der Waals surface area contributed by atoms with Gasteiger partial charge < -0.3 is 10.7 Å². The topological polar surface area (TPSA) is 54.7 Å². The number of halogens is 3. The molecule has 0 saturated heterocycles. The van der Waals surface area contributed by atoms with Crippen LogP contribution in [0.3, 0.4) is 0 Å². The number of hydrogen-bond donors (Lipinski definition) is 2.